The highest BCUT2D eigenvalue weighted by Crippen LogP contribution is 2.14. The zero-order valence-corrected chi connectivity index (χ0v) is 12.0. The van der Waals surface area contributed by atoms with E-state index in [1.165, 1.54) is 39.3 Å². The summed E-state index contributed by atoms with van der Waals surface area (Å²) in [6, 6.07) is 2.93. The van der Waals surface area contributed by atoms with Crippen LogP contribution in [0.3, 0.4) is 0 Å². The number of hydrogen-bond donors (Lipinski definition) is 3. The Bertz CT molecular complexity index is 511. The maximum Gasteiger partial charge on any atom is 0.244 e. The number of aliphatic hydroxyl groups excluding tert-OH is 1. The zero-order valence-electron chi connectivity index (χ0n) is 11.2. The van der Waals surface area contributed by atoms with Gasteiger partial charge in [0.05, 0.1) is 6.61 Å². The Morgan fingerprint density at radius 1 is 1.42 bits per heavy atom. The molecule has 1 aromatic rings. The van der Waals surface area contributed by atoms with Crippen molar-refractivity contribution in [3.63, 3.8) is 0 Å². The van der Waals surface area contributed by atoms with E-state index in [9.17, 15) is 13.5 Å². The summed E-state index contributed by atoms with van der Waals surface area (Å²) in [5.74, 6) is 0.423. The number of anilines is 1. The second-order valence-corrected chi connectivity index (χ2v) is 6.83. The van der Waals surface area contributed by atoms with Crippen LogP contribution in [0.1, 0.15) is 6.92 Å². The molecule has 0 spiro atoms. The van der Waals surface area contributed by atoms with Crippen molar-refractivity contribution < 1.29 is 18.6 Å². The Kier molecular flexibility index (Phi) is 4.86. The largest absolute Gasteiger partial charge is 0.393 e. The van der Waals surface area contributed by atoms with E-state index < -0.39 is 15.6 Å². The topological polar surface area (TPSA) is 103 Å². The number of rotatable bonds is 6. The van der Waals surface area contributed by atoms with Crippen molar-refractivity contribution in [2.75, 3.05) is 32.6 Å². The smallest absolute Gasteiger partial charge is 0.244 e. The molecule has 8 heteroatoms. The quantitative estimate of drug-likeness (QED) is 0.651. The zero-order chi connectivity index (χ0) is 14.7. The fraction of sp³-hybridized carbons (Fsp3) is 0.545. The van der Waals surface area contributed by atoms with E-state index in [0.717, 1.165) is 4.31 Å². The van der Waals surface area contributed by atoms with E-state index in [1.807, 2.05) is 0 Å². The van der Waals surface area contributed by atoms with Crippen molar-refractivity contribution in [3.8, 4) is 0 Å². The van der Waals surface area contributed by atoms with Gasteiger partial charge in [0.25, 0.3) is 0 Å². The number of sulfonamides is 1. The minimum atomic E-state index is -3.49. The molecule has 0 radical (unpaired) electrons. The standard InChI is InChI=1S/C11H19N3O4S/c1-11(16,8-15)7-13-10-5-4-9(6-12-10)19(17,18)14(2)3/h4-6,15-16H,7-8H2,1-3H3,(H,12,13). The van der Waals surface area contributed by atoms with E-state index in [-0.39, 0.29) is 18.0 Å². The lowest BCUT2D eigenvalue weighted by Crippen LogP contribution is -2.37. The first-order valence-electron chi connectivity index (χ1n) is 5.65. The third-order valence-corrected chi connectivity index (χ3v) is 4.30. The molecule has 1 heterocycles. The van der Waals surface area contributed by atoms with Crippen LogP contribution < -0.4 is 5.32 Å². The van der Waals surface area contributed by atoms with Crippen molar-refractivity contribution in [2.45, 2.75) is 17.4 Å². The molecule has 1 rings (SSSR count). The number of aromatic nitrogens is 1. The van der Waals surface area contributed by atoms with Gasteiger partial charge in [-0.15, -0.1) is 0 Å². The molecule has 0 saturated heterocycles. The summed E-state index contributed by atoms with van der Waals surface area (Å²) in [6.45, 7) is 1.20. The molecule has 0 saturated carbocycles. The number of hydrogen-bond acceptors (Lipinski definition) is 6. The number of aliphatic hydroxyl groups is 2. The number of nitrogens with zero attached hydrogens (tertiary/aromatic N) is 2. The normalized spacial score (nSPS) is 15.3. The third kappa shape index (κ3) is 4.13. The van der Waals surface area contributed by atoms with Crippen molar-refractivity contribution >= 4 is 15.8 Å². The Morgan fingerprint density at radius 2 is 2.05 bits per heavy atom. The van der Waals surface area contributed by atoms with E-state index >= 15 is 0 Å². The first kappa shape index (κ1) is 15.8. The van der Waals surface area contributed by atoms with Gasteiger partial charge in [0.1, 0.15) is 16.3 Å². The maximum atomic E-state index is 11.8. The van der Waals surface area contributed by atoms with E-state index in [2.05, 4.69) is 10.3 Å². The lowest BCUT2D eigenvalue weighted by Gasteiger charge is -2.21. The summed E-state index contributed by atoms with van der Waals surface area (Å²) < 4.78 is 24.7. The molecule has 108 valence electrons. The molecule has 1 atom stereocenters. The van der Waals surface area contributed by atoms with Crippen molar-refractivity contribution in [3.05, 3.63) is 18.3 Å². The van der Waals surface area contributed by atoms with Gasteiger partial charge < -0.3 is 15.5 Å². The highest BCUT2D eigenvalue weighted by Gasteiger charge is 2.20. The monoisotopic (exact) mass is 289 g/mol. The lowest BCUT2D eigenvalue weighted by molar-refractivity contribution is 0.0131. The van der Waals surface area contributed by atoms with Gasteiger partial charge in [0, 0.05) is 26.8 Å². The molecule has 0 fully saturated rings. The Hall–Kier alpha value is -1.22. The van der Waals surface area contributed by atoms with Crippen LogP contribution in [-0.2, 0) is 10.0 Å². The molecule has 3 N–H and O–H groups in total. The molecule has 1 unspecified atom stereocenters. The predicted molar refractivity (Wildman–Crippen MR) is 71.3 cm³/mol. The lowest BCUT2D eigenvalue weighted by atomic mass is 10.1. The van der Waals surface area contributed by atoms with Crippen LogP contribution in [0.5, 0.6) is 0 Å². The van der Waals surface area contributed by atoms with Gasteiger partial charge >= 0.3 is 0 Å². The fourth-order valence-corrected chi connectivity index (χ4v) is 2.03. The highest BCUT2D eigenvalue weighted by atomic mass is 32.2. The summed E-state index contributed by atoms with van der Waals surface area (Å²) in [7, 11) is -0.599. The molecule has 7 nitrogen and oxygen atoms in total. The molecule has 0 aromatic carbocycles. The van der Waals surface area contributed by atoms with Crippen LogP contribution in [0.2, 0.25) is 0 Å². The summed E-state index contributed by atoms with van der Waals surface area (Å²) in [6.07, 6.45) is 1.24. The van der Waals surface area contributed by atoms with Gasteiger partial charge in [-0.2, -0.15) is 0 Å². The van der Waals surface area contributed by atoms with Crippen LogP contribution in [-0.4, -0.2) is 60.8 Å². The van der Waals surface area contributed by atoms with E-state index in [0.29, 0.717) is 5.82 Å². The fourth-order valence-electron chi connectivity index (χ4n) is 1.19. The molecule has 0 aliphatic heterocycles. The molecule has 0 amide bonds. The van der Waals surface area contributed by atoms with E-state index in [4.69, 9.17) is 5.11 Å². The first-order chi connectivity index (χ1) is 8.69. The SMILES string of the molecule is CN(C)S(=O)(=O)c1ccc(NCC(C)(O)CO)nc1. The Morgan fingerprint density at radius 3 is 2.47 bits per heavy atom. The Balaban J connectivity index is 2.78. The van der Waals surface area contributed by atoms with Gasteiger partial charge in [-0.3, -0.25) is 0 Å². The van der Waals surface area contributed by atoms with Crippen molar-refractivity contribution in [2.24, 2.45) is 0 Å². The molecular formula is C11H19N3O4S. The van der Waals surface area contributed by atoms with Crippen LogP contribution in [0.25, 0.3) is 0 Å². The van der Waals surface area contributed by atoms with Crippen LogP contribution in [0, 0.1) is 0 Å². The maximum absolute atomic E-state index is 11.8. The van der Waals surface area contributed by atoms with Crippen LogP contribution >= 0.6 is 0 Å². The highest BCUT2D eigenvalue weighted by molar-refractivity contribution is 7.89. The minimum Gasteiger partial charge on any atom is -0.393 e. The second kappa shape index (κ2) is 5.83. The number of pyridine rings is 1. The molecular weight excluding hydrogens is 270 g/mol. The van der Waals surface area contributed by atoms with Crippen molar-refractivity contribution in [1.29, 1.82) is 0 Å². The Labute approximate surface area is 112 Å². The average molecular weight is 289 g/mol. The van der Waals surface area contributed by atoms with Gasteiger partial charge in [0.2, 0.25) is 10.0 Å². The van der Waals surface area contributed by atoms with Crippen molar-refractivity contribution in [1.82, 2.24) is 9.29 Å². The predicted octanol–water partition coefficient (Wildman–Crippen LogP) is -0.513. The van der Waals surface area contributed by atoms with Gasteiger partial charge in [-0.05, 0) is 19.1 Å². The third-order valence-electron chi connectivity index (χ3n) is 2.51. The van der Waals surface area contributed by atoms with Gasteiger partial charge in [-0.1, -0.05) is 0 Å². The van der Waals surface area contributed by atoms with Crippen LogP contribution in [0.4, 0.5) is 5.82 Å². The summed E-state index contributed by atoms with van der Waals surface area (Å²) in [5.41, 5.74) is -1.25. The molecule has 1 aromatic heterocycles. The molecule has 0 bridgehead atoms. The summed E-state index contributed by atoms with van der Waals surface area (Å²) >= 11 is 0. The van der Waals surface area contributed by atoms with Crippen LogP contribution in [0.15, 0.2) is 23.2 Å². The van der Waals surface area contributed by atoms with Gasteiger partial charge in [0.15, 0.2) is 0 Å². The number of nitrogens with one attached hydrogen (secondary N) is 1. The first-order valence-corrected chi connectivity index (χ1v) is 7.09. The molecule has 19 heavy (non-hydrogen) atoms. The second-order valence-electron chi connectivity index (χ2n) is 4.68. The van der Waals surface area contributed by atoms with E-state index in [1.54, 1.807) is 0 Å². The molecule has 0 aliphatic rings. The van der Waals surface area contributed by atoms with Gasteiger partial charge in [-0.25, -0.2) is 17.7 Å². The summed E-state index contributed by atoms with van der Waals surface area (Å²) in [5, 5.41) is 21.3. The minimum absolute atomic E-state index is 0.0944. The summed E-state index contributed by atoms with van der Waals surface area (Å²) in [4.78, 5) is 4.05. The molecule has 0 aliphatic carbocycles. The average Bonchev–Trinajstić information content (AvgIpc) is 2.37.